The first-order valence-electron chi connectivity index (χ1n) is 9.12. The van der Waals surface area contributed by atoms with E-state index in [1.54, 1.807) is 4.90 Å². The molecule has 3 fully saturated rings. The SMILES string of the molecule is O=C1CCN(c2ccc(N3CCC(N4CCNCC4)C3)cc2)C(=O)N1. The van der Waals surface area contributed by atoms with Gasteiger partial charge in [0.25, 0.3) is 0 Å². The Morgan fingerprint density at radius 1 is 0.920 bits per heavy atom. The number of imide groups is 1. The molecular formula is C18H25N5O2. The Balaban J connectivity index is 1.39. The lowest BCUT2D eigenvalue weighted by Gasteiger charge is -2.32. The van der Waals surface area contributed by atoms with Crippen LogP contribution in [-0.2, 0) is 4.79 Å². The third-order valence-corrected chi connectivity index (χ3v) is 5.41. The van der Waals surface area contributed by atoms with Crippen molar-refractivity contribution in [1.82, 2.24) is 15.5 Å². The van der Waals surface area contributed by atoms with Gasteiger partial charge in [-0.2, -0.15) is 0 Å². The lowest BCUT2D eigenvalue weighted by molar-refractivity contribution is -0.120. The van der Waals surface area contributed by atoms with Gasteiger partial charge in [0, 0.05) is 69.7 Å². The van der Waals surface area contributed by atoms with Crippen LogP contribution in [0.4, 0.5) is 16.2 Å². The average Bonchev–Trinajstić information content (AvgIpc) is 3.13. The monoisotopic (exact) mass is 343 g/mol. The Labute approximate surface area is 147 Å². The van der Waals surface area contributed by atoms with Gasteiger partial charge in [-0.15, -0.1) is 0 Å². The summed E-state index contributed by atoms with van der Waals surface area (Å²) in [6.45, 7) is 7.04. The second kappa shape index (κ2) is 7.01. The van der Waals surface area contributed by atoms with E-state index < -0.39 is 0 Å². The molecule has 3 heterocycles. The van der Waals surface area contributed by atoms with Crippen LogP contribution in [0.25, 0.3) is 0 Å². The molecular weight excluding hydrogens is 318 g/mol. The van der Waals surface area contributed by atoms with Crippen molar-refractivity contribution in [3.63, 3.8) is 0 Å². The molecule has 134 valence electrons. The van der Waals surface area contributed by atoms with Gasteiger partial charge in [0.05, 0.1) is 0 Å². The Morgan fingerprint density at radius 2 is 1.64 bits per heavy atom. The Hall–Kier alpha value is -2.12. The molecule has 0 radical (unpaired) electrons. The molecule has 3 aliphatic heterocycles. The predicted octanol–water partition coefficient (Wildman–Crippen LogP) is 0.617. The maximum atomic E-state index is 11.9. The fraction of sp³-hybridized carbons (Fsp3) is 0.556. The number of benzene rings is 1. The molecule has 0 aliphatic carbocycles. The number of amides is 3. The van der Waals surface area contributed by atoms with E-state index in [0.29, 0.717) is 19.0 Å². The normalized spacial score (nSPS) is 25.4. The quantitative estimate of drug-likeness (QED) is 0.842. The zero-order valence-electron chi connectivity index (χ0n) is 14.4. The lowest BCUT2D eigenvalue weighted by Crippen LogP contribution is -2.49. The van der Waals surface area contributed by atoms with E-state index >= 15 is 0 Å². The standard InChI is InChI=1S/C18H25N5O2/c24-17-6-10-23(18(25)20-17)15-3-1-14(2-4-15)22-9-5-16(13-22)21-11-7-19-8-12-21/h1-4,16,19H,5-13H2,(H,20,24,25). The van der Waals surface area contributed by atoms with Crippen LogP contribution >= 0.6 is 0 Å². The number of urea groups is 1. The van der Waals surface area contributed by atoms with E-state index in [0.717, 1.165) is 45.0 Å². The fourth-order valence-electron chi connectivity index (χ4n) is 3.98. The van der Waals surface area contributed by atoms with Crippen molar-refractivity contribution in [2.45, 2.75) is 18.9 Å². The molecule has 3 amide bonds. The molecule has 0 spiro atoms. The highest BCUT2D eigenvalue weighted by atomic mass is 16.2. The number of nitrogens with zero attached hydrogens (tertiary/aromatic N) is 3. The summed E-state index contributed by atoms with van der Waals surface area (Å²) in [5, 5.41) is 5.78. The minimum Gasteiger partial charge on any atom is -0.370 e. The molecule has 4 rings (SSSR count). The summed E-state index contributed by atoms with van der Waals surface area (Å²) in [6, 6.07) is 8.42. The summed E-state index contributed by atoms with van der Waals surface area (Å²) < 4.78 is 0. The maximum absolute atomic E-state index is 11.9. The minimum absolute atomic E-state index is 0.200. The zero-order chi connectivity index (χ0) is 17.2. The van der Waals surface area contributed by atoms with Gasteiger partial charge < -0.3 is 10.2 Å². The van der Waals surface area contributed by atoms with Gasteiger partial charge in [0.15, 0.2) is 0 Å². The van der Waals surface area contributed by atoms with Gasteiger partial charge in [-0.05, 0) is 30.7 Å². The molecule has 3 saturated heterocycles. The largest absolute Gasteiger partial charge is 0.370 e. The first-order chi connectivity index (χ1) is 12.2. The van der Waals surface area contributed by atoms with Crippen LogP contribution in [0.5, 0.6) is 0 Å². The third-order valence-electron chi connectivity index (χ3n) is 5.41. The fourth-order valence-corrected chi connectivity index (χ4v) is 3.98. The van der Waals surface area contributed by atoms with Crippen molar-refractivity contribution in [3.05, 3.63) is 24.3 Å². The second-order valence-electron chi connectivity index (χ2n) is 6.95. The number of hydrogen-bond acceptors (Lipinski definition) is 5. The van der Waals surface area contributed by atoms with E-state index in [-0.39, 0.29) is 11.9 Å². The van der Waals surface area contributed by atoms with Crippen molar-refractivity contribution in [3.8, 4) is 0 Å². The molecule has 1 aromatic rings. The van der Waals surface area contributed by atoms with E-state index in [1.807, 2.05) is 12.1 Å². The Morgan fingerprint density at radius 3 is 2.36 bits per heavy atom. The van der Waals surface area contributed by atoms with Crippen LogP contribution in [0.1, 0.15) is 12.8 Å². The number of nitrogens with one attached hydrogen (secondary N) is 2. The highest BCUT2D eigenvalue weighted by molar-refractivity contribution is 6.05. The molecule has 1 unspecified atom stereocenters. The molecule has 25 heavy (non-hydrogen) atoms. The third kappa shape index (κ3) is 3.48. The summed E-state index contributed by atoms with van der Waals surface area (Å²) in [6.07, 6.45) is 1.56. The van der Waals surface area contributed by atoms with Gasteiger partial charge in [-0.25, -0.2) is 4.79 Å². The first-order valence-corrected chi connectivity index (χ1v) is 9.12. The Kier molecular flexibility index (Phi) is 4.59. The van der Waals surface area contributed by atoms with Crippen molar-refractivity contribution >= 4 is 23.3 Å². The first kappa shape index (κ1) is 16.4. The number of rotatable bonds is 3. The van der Waals surface area contributed by atoms with Crippen molar-refractivity contribution in [2.24, 2.45) is 0 Å². The molecule has 0 bridgehead atoms. The number of anilines is 2. The smallest absolute Gasteiger partial charge is 0.328 e. The van der Waals surface area contributed by atoms with Crippen molar-refractivity contribution in [1.29, 1.82) is 0 Å². The summed E-state index contributed by atoms with van der Waals surface area (Å²) in [4.78, 5) is 29.9. The van der Waals surface area contributed by atoms with E-state index in [1.165, 1.54) is 12.1 Å². The molecule has 2 N–H and O–H groups in total. The summed E-state index contributed by atoms with van der Waals surface area (Å²) >= 11 is 0. The van der Waals surface area contributed by atoms with Crippen LogP contribution in [-0.4, -0.2) is 68.7 Å². The summed E-state index contributed by atoms with van der Waals surface area (Å²) in [7, 11) is 0. The van der Waals surface area contributed by atoms with E-state index in [4.69, 9.17) is 0 Å². The maximum Gasteiger partial charge on any atom is 0.328 e. The summed E-state index contributed by atoms with van der Waals surface area (Å²) in [5.74, 6) is -0.200. The number of carbonyl (C=O) groups is 2. The summed E-state index contributed by atoms with van der Waals surface area (Å²) in [5.41, 5.74) is 2.04. The minimum atomic E-state index is -0.330. The van der Waals surface area contributed by atoms with Crippen LogP contribution < -0.4 is 20.4 Å². The molecule has 3 aliphatic rings. The lowest BCUT2D eigenvalue weighted by atomic mass is 10.2. The molecule has 0 saturated carbocycles. The van der Waals surface area contributed by atoms with Crippen LogP contribution in [0.2, 0.25) is 0 Å². The highest BCUT2D eigenvalue weighted by Gasteiger charge is 2.29. The van der Waals surface area contributed by atoms with Crippen LogP contribution in [0.3, 0.4) is 0 Å². The Bertz CT molecular complexity index is 641. The van der Waals surface area contributed by atoms with Crippen LogP contribution in [0, 0.1) is 0 Å². The van der Waals surface area contributed by atoms with Gasteiger partial charge >= 0.3 is 6.03 Å². The topological polar surface area (TPSA) is 67.9 Å². The van der Waals surface area contributed by atoms with Gasteiger partial charge in [0.1, 0.15) is 0 Å². The molecule has 1 aromatic carbocycles. The molecule has 7 nitrogen and oxygen atoms in total. The van der Waals surface area contributed by atoms with Gasteiger partial charge in [-0.1, -0.05) is 0 Å². The van der Waals surface area contributed by atoms with Crippen molar-refractivity contribution < 1.29 is 9.59 Å². The van der Waals surface area contributed by atoms with E-state index in [2.05, 4.69) is 32.6 Å². The highest BCUT2D eigenvalue weighted by Crippen LogP contribution is 2.26. The van der Waals surface area contributed by atoms with Crippen LogP contribution in [0.15, 0.2) is 24.3 Å². The zero-order valence-corrected chi connectivity index (χ0v) is 14.4. The second-order valence-corrected chi connectivity index (χ2v) is 6.95. The van der Waals surface area contributed by atoms with Crippen molar-refractivity contribution in [2.75, 3.05) is 55.6 Å². The average molecular weight is 343 g/mol. The van der Waals surface area contributed by atoms with Gasteiger partial charge in [0.2, 0.25) is 5.91 Å². The molecule has 7 heteroatoms. The number of hydrogen-bond donors (Lipinski definition) is 2. The predicted molar refractivity (Wildman–Crippen MR) is 97.0 cm³/mol. The number of piperazine rings is 1. The molecule has 1 atom stereocenters. The number of carbonyl (C=O) groups excluding carboxylic acids is 2. The van der Waals surface area contributed by atoms with E-state index in [9.17, 15) is 9.59 Å². The molecule has 0 aromatic heterocycles. The van der Waals surface area contributed by atoms with Gasteiger partial charge in [-0.3, -0.25) is 19.9 Å².